The summed E-state index contributed by atoms with van der Waals surface area (Å²) >= 11 is 0. The zero-order chi connectivity index (χ0) is 63.5. The summed E-state index contributed by atoms with van der Waals surface area (Å²) in [5, 5.41) is 38.4. The first-order chi connectivity index (χ1) is 40.9. The Hall–Kier alpha value is -5.98. The van der Waals surface area contributed by atoms with E-state index in [0.29, 0.717) is 5.57 Å². The number of aliphatic hydroxyl groups is 3. The number of hydrogen-bond acceptors (Lipinski definition) is 15. The number of methoxy groups -OCH3 is 1. The molecule has 10 atom stereocenters. The molecule has 3 heterocycles. The summed E-state index contributed by atoms with van der Waals surface area (Å²) in [4.78, 5) is 74.3. The summed E-state index contributed by atoms with van der Waals surface area (Å²) in [6.07, 6.45) is -5.89. The van der Waals surface area contributed by atoms with Crippen molar-refractivity contribution in [3.8, 4) is 0 Å². The molecule has 10 rings (SSSR count). The van der Waals surface area contributed by atoms with Gasteiger partial charge >= 0.3 is 11.9 Å². The number of Topliss-reactive ketones (excluding diaryl/α,β-unsaturated/α-hetero) is 1. The number of aliphatic hydroxyl groups excluding tert-OH is 3. The summed E-state index contributed by atoms with van der Waals surface area (Å²) < 4.78 is 30.5. The van der Waals surface area contributed by atoms with Gasteiger partial charge in [-0.25, -0.2) is 19.7 Å². The van der Waals surface area contributed by atoms with Crippen molar-refractivity contribution in [3.63, 3.8) is 0 Å². The standard InChI is InChI=1S/C26H39NO7Si2.C21H19O2P.C19H27NO6Si/c1-25(2,3)36(7,8)33-22-18-14-20(29)32-21(18)23(30)26(24(22)34-35(4,5)6)15-19(28)27(26)31-16-17-12-10-9-11-13-17;1-23-21(22)17-24(18-11-5-2-6-12-18,19-13-7-3-8-14-19)20-15-9-4-10-16-20;1-12-15(22)16(23)17(24)19(18(12)26-27(2,3)4)10-14(21)20(19)25-11-13-8-6-5-7-9-13/h9-14,21-24,30H,15-16H2,1-8H3;2-17H,1H3;5-9,12,16-18,23-24H,10-11H2,1-4H3/t21-,22-,23-,24-,26-;;12-,16-,17-,18-,19-/m1.1/s1. The van der Waals surface area contributed by atoms with E-state index in [4.69, 9.17) is 32.4 Å². The van der Waals surface area contributed by atoms with Crippen LogP contribution in [-0.4, -0.2) is 147 Å². The van der Waals surface area contributed by atoms with Gasteiger partial charge in [0.05, 0.1) is 32.2 Å². The van der Waals surface area contributed by atoms with Gasteiger partial charge in [-0.05, 0) is 91.3 Å². The Kier molecular flexibility index (Phi) is 20.5. The molecule has 2 aliphatic carbocycles. The van der Waals surface area contributed by atoms with Gasteiger partial charge in [-0.3, -0.25) is 24.1 Å². The van der Waals surface area contributed by atoms with Gasteiger partial charge in [0.15, 0.2) is 36.8 Å². The molecular weight excluding hydrogens is 1180 g/mol. The minimum Gasteiger partial charge on any atom is -0.466 e. The number of β-lactam (4-membered cyclic amide) rings is 2. The third kappa shape index (κ3) is 13.9. The molecule has 0 bridgehead atoms. The van der Waals surface area contributed by atoms with Gasteiger partial charge in [-0.15, -0.1) is 0 Å². The first-order valence-electron chi connectivity index (χ1n) is 29.4. The van der Waals surface area contributed by atoms with Crippen molar-refractivity contribution >= 4 is 83.1 Å². The zero-order valence-electron chi connectivity index (χ0n) is 52.1. The molecular formula is C66H85N2O15PSi3. The normalized spacial score (nSPS) is 26.3. The van der Waals surface area contributed by atoms with Crippen LogP contribution in [0.15, 0.2) is 163 Å². The molecule has 17 nitrogen and oxygen atoms in total. The number of ketones is 1. The lowest BCUT2D eigenvalue weighted by Gasteiger charge is -2.62. The Morgan fingerprint density at radius 2 is 1.00 bits per heavy atom. The lowest BCUT2D eigenvalue weighted by molar-refractivity contribution is -0.317. The van der Waals surface area contributed by atoms with Crippen LogP contribution >= 0.6 is 6.89 Å². The van der Waals surface area contributed by atoms with Gasteiger partial charge in [0, 0.05) is 23.4 Å². The first kappa shape index (κ1) is 67.0. The van der Waals surface area contributed by atoms with E-state index < -0.39 is 103 Å². The second-order valence-electron chi connectivity index (χ2n) is 26.2. The number of fused-ring (bicyclic) bond motifs is 1. The number of ether oxygens (including phenoxy) is 2. The molecule has 87 heavy (non-hydrogen) atoms. The maximum Gasteiger partial charge on any atom is 0.331 e. The topological polar surface area (TPSA) is 217 Å². The Balaban J connectivity index is 0.000000173. The highest BCUT2D eigenvalue weighted by Gasteiger charge is 2.72. The van der Waals surface area contributed by atoms with E-state index >= 15 is 0 Å². The summed E-state index contributed by atoms with van der Waals surface area (Å²) in [6, 6.07) is 49.5. The third-order valence-electron chi connectivity index (χ3n) is 16.9. The number of carbonyl (C=O) groups is 5. The smallest absolute Gasteiger partial charge is 0.331 e. The molecule has 5 aromatic rings. The number of nitrogens with zero attached hydrogens (tertiary/aromatic N) is 2. The maximum absolute atomic E-state index is 13.0. The van der Waals surface area contributed by atoms with Crippen LogP contribution in [0.1, 0.15) is 51.7 Å². The number of amides is 2. The first-order valence-corrected chi connectivity index (χ1v) is 41.0. The molecule has 0 aromatic heterocycles. The molecule has 4 fully saturated rings. The molecule has 3 N–H and O–H groups in total. The number of benzene rings is 5. The minimum atomic E-state index is -2.37. The second kappa shape index (κ2) is 26.6. The number of esters is 2. The molecule has 5 aromatic carbocycles. The van der Waals surface area contributed by atoms with Gasteiger partial charge in [0.1, 0.15) is 48.7 Å². The summed E-state index contributed by atoms with van der Waals surface area (Å²) in [6.45, 7) is 22.6. The van der Waals surface area contributed by atoms with E-state index in [1.165, 1.54) is 18.2 Å². The fourth-order valence-electron chi connectivity index (χ4n) is 11.6. The predicted molar refractivity (Wildman–Crippen MR) is 343 cm³/mol. The second-order valence-corrected chi connectivity index (χ2v) is 43.2. The Morgan fingerprint density at radius 3 is 1.38 bits per heavy atom. The monoisotopic (exact) mass is 1260 g/mol. The molecule has 0 unspecified atom stereocenters. The van der Waals surface area contributed by atoms with Crippen LogP contribution in [0.25, 0.3) is 0 Å². The molecule has 0 radical (unpaired) electrons. The van der Waals surface area contributed by atoms with Gasteiger partial charge in [0.2, 0.25) is 11.8 Å². The van der Waals surface area contributed by atoms with Crippen LogP contribution < -0.4 is 15.9 Å². The van der Waals surface area contributed by atoms with Crippen LogP contribution in [0.3, 0.4) is 0 Å². The van der Waals surface area contributed by atoms with Gasteiger partial charge in [-0.2, -0.15) is 0 Å². The maximum atomic E-state index is 13.0. The van der Waals surface area contributed by atoms with Crippen LogP contribution in [0.5, 0.6) is 0 Å². The van der Waals surface area contributed by atoms with Crippen LogP contribution in [0.4, 0.5) is 0 Å². The molecule has 2 spiro atoms. The van der Waals surface area contributed by atoms with Crippen LogP contribution in [0, 0.1) is 5.92 Å². The quantitative estimate of drug-likeness (QED) is 0.0368. The van der Waals surface area contributed by atoms with Crippen LogP contribution in [-0.2, 0) is 69.6 Å². The number of hydroxylamine groups is 4. The molecule has 2 saturated carbocycles. The SMILES string of the molecule is CC(C)(C)[Si](C)(C)O[C@@H]1C2=CC(=O)O[C@H]2[C@@H](O)[C@]2(CC(=O)N2OCc2ccccc2)[C@@H]1O[Si](C)(C)C.COC(=O)C=P(c1ccccc1)(c1ccccc1)c1ccccc1.C[C@@H]1C(=O)[C@@H](O)[C@@H](O)[C@]2(CC(=O)N2OCc2ccccc2)[C@@H]1O[Si](C)(C)C. The lowest BCUT2D eigenvalue weighted by atomic mass is 9.64. The molecule has 21 heteroatoms. The molecule has 2 saturated heterocycles. The highest BCUT2D eigenvalue weighted by atomic mass is 31.2. The van der Waals surface area contributed by atoms with Crippen molar-refractivity contribution in [2.24, 2.45) is 5.92 Å². The predicted octanol–water partition coefficient (Wildman–Crippen LogP) is 8.13. The number of carbonyl (C=O) groups excluding carboxylic acids is 5. The largest absolute Gasteiger partial charge is 0.466 e. The van der Waals surface area contributed by atoms with Gasteiger partial charge in [0.25, 0.3) is 0 Å². The third-order valence-corrected chi connectivity index (χ3v) is 27.2. The van der Waals surface area contributed by atoms with E-state index in [-0.39, 0.29) is 48.9 Å². The van der Waals surface area contributed by atoms with Gasteiger partial charge < -0.3 is 38.1 Å². The zero-order valence-corrected chi connectivity index (χ0v) is 56.0. The van der Waals surface area contributed by atoms with Crippen molar-refractivity contribution in [2.45, 2.75) is 165 Å². The van der Waals surface area contributed by atoms with E-state index in [2.05, 4.69) is 89.9 Å². The number of rotatable bonds is 16. The highest BCUT2D eigenvalue weighted by molar-refractivity contribution is 7.95. The minimum absolute atomic E-state index is 0.0107. The van der Waals surface area contributed by atoms with Crippen molar-refractivity contribution in [1.82, 2.24) is 10.1 Å². The van der Waals surface area contributed by atoms with Crippen molar-refractivity contribution in [2.75, 3.05) is 7.11 Å². The van der Waals surface area contributed by atoms with E-state index in [1.807, 2.05) is 135 Å². The summed E-state index contributed by atoms with van der Waals surface area (Å²) in [7, 11) is -5.29. The van der Waals surface area contributed by atoms with E-state index in [9.17, 15) is 39.3 Å². The summed E-state index contributed by atoms with van der Waals surface area (Å²) in [5.41, 5.74) is -0.175. The average molecular weight is 1260 g/mol. The van der Waals surface area contributed by atoms with Crippen molar-refractivity contribution < 1.29 is 71.7 Å². The molecule has 2 amide bonds. The fraction of sp³-hybridized carbons (Fsp3) is 0.424. The molecule has 466 valence electrons. The summed E-state index contributed by atoms with van der Waals surface area (Å²) in [5.74, 6) is -0.749. The molecule has 5 aliphatic rings. The van der Waals surface area contributed by atoms with Crippen molar-refractivity contribution in [3.05, 3.63) is 174 Å². The Bertz CT molecular complexity index is 3220. The fourth-order valence-corrected chi connectivity index (χ4v) is 18.8. The Labute approximate surface area is 514 Å². The van der Waals surface area contributed by atoms with E-state index in [0.717, 1.165) is 32.1 Å². The lowest BCUT2D eigenvalue weighted by Crippen LogP contribution is -2.82. The van der Waals surface area contributed by atoms with Gasteiger partial charge in [-0.1, -0.05) is 179 Å². The van der Waals surface area contributed by atoms with Crippen LogP contribution in [0.2, 0.25) is 57.4 Å². The number of hydrogen-bond donors (Lipinski definition) is 3. The molecule has 3 aliphatic heterocycles. The highest BCUT2D eigenvalue weighted by Crippen LogP contribution is 2.53. The van der Waals surface area contributed by atoms with E-state index in [1.54, 1.807) is 12.7 Å². The average Bonchev–Trinajstić information content (AvgIpc) is 1.55. The Morgan fingerprint density at radius 1 is 0.609 bits per heavy atom. The van der Waals surface area contributed by atoms with Crippen molar-refractivity contribution in [1.29, 1.82) is 0 Å².